The molecule has 2 N–H and O–H groups in total. The van der Waals surface area contributed by atoms with Crippen LogP contribution in [0, 0.1) is 13.8 Å². The fraction of sp³-hybridized carbons (Fsp3) is 0.182. The number of rotatable bonds is 7. The molecule has 0 aliphatic heterocycles. The average Bonchev–Trinajstić information content (AvgIpc) is 3.00. The second kappa shape index (κ2) is 8.00. The summed E-state index contributed by atoms with van der Waals surface area (Å²) in [5.41, 5.74) is 8.98. The van der Waals surface area contributed by atoms with Crippen molar-refractivity contribution in [1.29, 1.82) is 0 Å². The first-order valence-corrected chi connectivity index (χ1v) is 8.80. The Kier molecular flexibility index (Phi) is 5.49. The number of ketones is 1. The smallest absolute Gasteiger partial charge is 0.248 e. The zero-order valence-electron chi connectivity index (χ0n) is 16.1. The zero-order chi connectivity index (χ0) is 20.3. The van der Waals surface area contributed by atoms with Crippen molar-refractivity contribution in [3.8, 4) is 17.2 Å². The molecule has 0 atom stereocenters. The van der Waals surface area contributed by atoms with Crippen LogP contribution < -0.4 is 15.2 Å². The van der Waals surface area contributed by atoms with E-state index in [1.165, 1.54) is 0 Å². The Balaban J connectivity index is 1.76. The van der Waals surface area contributed by atoms with Gasteiger partial charge in [0.05, 0.1) is 7.11 Å². The predicted octanol–water partition coefficient (Wildman–Crippen LogP) is 3.46. The summed E-state index contributed by atoms with van der Waals surface area (Å²) in [5.74, 6) is 0.654. The van der Waals surface area contributed by atoms with Gasteiger partial charge in [0.15, 0.2) is 6.61 Å². The molecule has 28 heavy (non-hydrogen) atoms. The highest BCUT2D eigenvalue weighted by Crippen LogP contribution is 2.23. The van der Waals surface area contributed by atoms with Crippen LogP contribution in [-0.4, -0.2) is 30.0 Å². The van der Waals surface area contributed by atoms with Gasteiger partial charge >= 0.3 is 0 Å². The van der Waals surface area contributed by atoms with E-state index in [9.17, 15) is 9.59 Å². The second-order valence-electron chi connectivity index (χ2n) is 6.42. The summed E-state index contributed by atoms with van der Waals surface area (Å²) in [5, 5.41) is 0. The summed E-state index contributed by atoms with van der Waals surface area (Å²) in [6.07, 6.45) is 0. The molecule has 1 amide bonds. The van der Waals surface area contributed by atoms with E-state index in [1.54, 1.807) is 31.4 Å². The zero-order valence-corrected chi connectivity index (χ0v) is 16.1. The molecular weight excluding hydrogens is 356 g/mol. The van der Waals surface area contributed by atoms with Crippen molar-refractivity contribution in [3.63, 3.8) is 0 Å². The number of methoxy groups -OCH3 is 1. The number of aryl methyl sites for hydroxylation is 1. The van der Waals surface area contributed by atoms with Crippen LogP contribution >= 0.6 is 0 Å². The Morgan fingerprint density at radius 3 is 2.14 bits per heavy atom. The molecule has 6 nitrogen and oxygen atoms in total. The number of aromatic nitrogens is 1. The van der Waals surface area contributed by atoms with Gasteiger partial charge in [-0.15, -0.1) is 0 Å². The lowest BCUT2D eigenvalue weighted by Crippen LogP contribution is -2.13. The minimum Gasteiger partial charge on any atom is -0.497 e. The van der Waals surface area contributed by atoms with Gasteiger partial charge in [0.25, 0.3) is 0 Å². The number of hydrogen-bond acceptors (Lipinski definition) is 4. The standard InChI is InChI=1S/C22H22N2O4/c1-14-12-20(15(2)24(14)17-6-10-18(27-3)11-7-17)21(25)13-28-19-8-4-16(5-9-19)22(23)26/h4-12H,13H2,1-3H3,(H2,23,26). The highest BCUT2D eigenvalue weighted by Gasteiger charge is 2.17. The molecular formula is C22H22N2O4. The van der Waals surface area contributed by atoms with Crippen molar-refractivity contribution < 1.29 is 19.1 Å². The molecule has 0 aliphatic carbocycles. The molecule has 0 spiro atoms. The Bertz CT molecular complexity index is 1000. The number of carbonyl (C=O) groups excluding carboxylic acids is 2. The lowest BCUT2D eigenvalue weighted by molar-refractivity contribution is 0.0919. The topological polar surface area (TPSA) is 83.6 Å². The van der Waals surface area contributed by atoms with E-state index < -0.39 is 5.91 Å². The number of hydrogen-bond donors (Lipinski definition) is 1. The molecule has 0 radical (unpaired) electrons. The van der Waals surface area contributed by atoms with Gasteiger partial charge in [0.1, 0.15) is 11.5 Å². The number of benzene rings is 2. The summed E-state index contributed by atoms with van der Waals surface area (Å²) in [6.45, 7) is 3.77. The molecule has 3 aromatic rings. The molecule has 6 heteroatoms. The second-order valence-corrected chi connectivity index (χ2v) is 6.42. The summed E-state index contributed by atoms with van der Waals surface area (Å²) in [6, 6.07) is 15.9. The number of Topliss-reactive ketones (excluding diaryl/α,β-unsaturated/α-hetero) is 1. The lowest BCUT2D eigenvalue weighted by Gasteiger charge is -2.11. The Hall–Kier alpha value is -3.54. The van der Waals surface area contributed by atoms with Crippen LogP contribution in [-0.2, 0) is 0 Å². The first kappa shape index (κ1) is 19.2. The molecule has 0 bridgehead atoms. The van der Waals surface area contributed by atoms with Gasteiger partial charge in [0, 0.05) is 28.2 Å². The van der Waals surface area contributed by atoms with E-state index in [0.717, 1.165) is 22.8 Å². The normalized spacial score (nSPS) is 10.5. The third kappa shape index (κ3) is 3.91. The molecule has 2 aromatic carbocycles. The molecule has 0 saturated heterocycles. The monoisotopic (exact) mass is 378 g/mol. The molecule has 0 saturated carbocycles. The van der Waals surface area contributed by atoms with Crippen molar-refractivity contribution in [1.82, 2.24) is 4.57 Å². The van der Waals surface area contributed by atoms with Crippen LogP contribution in [0.4, 0.5) is 0 Å². The van der Waals surface area contributed by atoms with E-state index >= 15 is 0 Å². The van der Waals surface area contributed by atoms with Crippen molar-refractivity contribution >= 4 is 11.7 Å². The largest absolute Gasteiger partial charge is 0.497 e. The van der Waals surface area contributed by atoms with Gasteiger partial charge in [0.2, 0.25) is 11.7 Å². The van der Waals surface area contributed by atoms with Crippen molar-refractivity contribution in [2.45, 2.75) is 13.8 Å². The van der Waals surface area contributed by atoms with Crippen LogP contribution in [0.3, 0.4) is 0 Å². The van der Waals surface area contributed by atoms with Gasteiger partial charge in [-0.2, -0.15) is 0 Å². The highest BCUT2D eigenvalue weighted by molar-refractivity contribution is 5.99. The summed E-state index contributed by atoms with van der Waals surface area (Å²) in [4.78, 5) is 23.8. The van der Waals surface area contributed by atoms with E-state index in [-0.39, 0.29) is 12.4 Å². The van der Waals surface area contributed by atoms with E-state index in [4.69, 9.17) is 15.2 Å². The average molecular weight is 378 g/mol. The minimum absolute atomic E-state index is 0.0944. The van der Waals surface area contributed by atoms with Gasteiger partial charge in [-0.05, 0) is 68.4 Å². The summed E-state index contributed by atoms with van der Waals surface area (Å²) < 4.78 is 12.8. The SMILES string of the molecule is COc1ccc(-n2c(C)cc(C(=O)COc3ccc(C(N)=O)cc3)c2C)cc1. The molecule has 1 aromatic heterocycles. The number of nitrogens with zero attached hydrogens (tertiary/aromatic N) is 1. The first-order chi connectivity index (χ1) is 13.4. The van der Waals surface area contributed by atoms with Crippen molar-refractivity contribution in [3.05, 3.63) is 77.1 Å². The summed E-state index contributed by atoms with van der Waals surface area (Å²) >= 11 is 0. The molecule has 0 unspecified atom stereocenters. The van der Waals surface area contributed by atoms with E-state index in [0.29, 0.717) is 16.9 Å². The molecule has 1 heterocycles. The van der Waals surface area contributed by atoms with Crippen molar-refractivity contribution in [2.24, 2.45) is 5.73 Å². The van der Waals surface area contributed by atoms with Crippen molar-refractivity contribution in [2.75, 3.05) is 13.7 Å². The van der Waals surface area contributed by atoms with Crippen LogP contribution in [0.1, 0.15) is 32.1 Å². The van der Waals surface area contributed by atoms with Crippen LogP contribution in [0.5, 0.6) is 11.5 Å². The maximum absolute atomic E-state index is 12.7. The van der Waals surface area contributed by atoms with Crippen LogP contribution in [0.2, 0.25) is 0 Å². The predicted molar refractivity (Wildman–Crippen MR) is 107 cm³/mol. The Morgan fingerprint density at radius 2 is 1.57 bits per heavy atom. The number of nitrogens with two attached hydrogens (primary N) is 1. The maximum Gasteiger partial charge on any atom is 0.248 e. The fourth-order valence-corrected chi connectivity index (χ4v) is 3.12. The van der Waals surface area contributed by atoms with E-state index in [2.05, 4.69) is 0 Å². The van der Waals surface area contributed by atoms with E-state index in [1.807, 2.05) is 48.7 Å². The number of primary amides is 1. The molecule has 3 rings (SSSR count). The summed E-state index contributed by atoms with van der Waals surface area (Å²) in [7, 11) is 1.62. The number of amides is 1. The minimum atomic E-state index is -0.506. The lowest BCUT2D eigenvalue weighted by atomic mass is 10.1. The van der Waals surface area contributed by atoms with Gasteiger partial charge in [-0.1, -0.05) is 0 Å². The van der Waals surface area contributed by atoms with Crippen LogP contribution in [0.25, 0.3) is 5.69 Å². The van der Waals surface area contributed by atoms with Gasteiger partial charge < -0.3 is 19.8 Å². The van der Waals surface area contributed by atoms with Gasteiger partial charge in [-0.3, -0.25) is 9.59 Å². The Morgan fingerprint density at radius 1 is 0.964 bits per heavy atom. The molecule has 0 aliphatic rings. The fourth-order valence-electron chi connectivity index (χ4n) is 3.12. The van der Waals surface area contributed by atoms with Crippen LogP contribution in [0.15, 0.2) is 54.6 Å². The third-order valence-electron chi connectivity index (χ3n) is 4.57. The van der Waals surface area contributed by atoms with Gasteiger partial charge in [-0.25, -0.2) is 0 Å². The Labute approximate surface area is 163 Å². The quantitative estimate of drug-likeness (QED) is 0.638. The molecule has 144 valence electrons. The highest BCUT2D eigenvalue weighted by atomic mass is 16.5. The third-order valence-corrected chi connectivity index (χ3v) is 4.57. The number of ether oxygens (including phenoxy) is 2. The maximum atomic E-state index is 12.7. The number of carbonyl (C=O) groups is 2. The first-order valence-electron chi connectivity index (χ1n) is 8.80. The molecule has 0 fully saturated rings.